The van der Waals surface area contributed by atoms with Gasteiger partial charge in [-0.05, 0) is 75.1 Å². The summed E-state index contributed by atoms with van der Waals surface area (Å²) in [6, 6.07) is 9.18. The quantitative estimate of drug-likeness (QED) is 0.162. The van der Waals surface area contributed by atoms with E-state index in [0.717, 1.165) is 0 Å². The Labute approximate surface area is 217 Å². The summed E-state index contributed by atoms with van der Waals surface area (Å²) in [7, 11) is 2.13. The molecule has 2 amide bonds. The zero-order chi connectivity index (χ0) is 27.3. The molecule has 0 radical (unpaired) electrons. The van der Waals surface area contributed by atoms with E-state index in [-0.39, 0.29) is 23.6 Å². The van der Waals surface area contributed by atoms with Gasteiger partial charge in [0.2, 0.25) is 5.91 Å². The average molecular weight is 530 g/mol. The maximum atomic E-state index is 15.0. The molecule has 1 saturated heterocycles. The Kier molecular flexibility index (Phi) is 8.92. The molecule has 2 N–H and O–H groups in total. The molecule has 37 heavy (non-hydrogen) atoms. The van der Waals surface area contributed by atoms with E-state index in [2.05, 4.69) is 14.6 Å². The van der Waals surface area contributed by atoms with Crippen LogP contribution >= 0.6 is 9.24 Å². The summed E-state index contributed by atoms with van der Waals surface area (Å²) in [5, 5.41) is 8.28. The van der Waals surface area contributed by atoms with Gasteiger partial charge in [-0.2, -0.15) is 0 Å². The van der Waals surface area contributed by atoms with E-state index in [9.17, 15) is 23.2 Å². The van der Waals surface area contributed by atoms with Crippen molar-refractivity contribution in [2.75, 3.05) is 6.54 Å². The Morgan fingerprint density at radius 2 is 2.00 bits per heavy atom. The second kappa shape index (κ2) is 11.7. The zero-order valence-corrected chi connectivity index (χ0v) is 22.0. The van der Waals surface area contributed by atoms with Gasteiger partial charge in [0, 0.05) is 17.4 Å². The number of hydrogen-bond donors (Lipinski definition) is 2. The molecule has 3 rings (SSSR count). The number of ether oxygens (including phenoxy) is 1. The fraction of sp³-hybridized carbons (Fsp3) is 0.333. The lowest BCUT2D eigenvalue weighted by Crippen LogP contribution is -2.49. The first-order valence-corrected chi connectivity index (χ1v) is 12.3. The molecule has 0 bridgehead atoms. The van der Waals surface area contributed by atoms with Gasteiger partial charge in [0.15, 0.2) is 12.0 Å². The molecular formula is C27H30F2N3O4P. The van der Waals surface area contributed by atoms with Crippen LogP contribution in [-0.4, -0.2) is 46.7 Å². The number of amides is 2. The first kappa shape index (κ1) is 28.1. The third kappa shape index (κ3) is 7.07. The van der Waals surface area contributed by atoms with Gasteiger partial charge in [-0.15, -0.1) is 0 Å². The second-order valence-corrected chi connectivity index (χ2v) is 10.4. The molecule has 2 aromatic carbocycles. The number of nitrogens with one attached hydrogen (secondary N) is 2. The third-order valence-electron chi connectivity index (χ3n) is 6.10. The van der Waals surface area contributed by atoms with Gasteiger partial charge in [0.25, 0.3) is 5.91 Å². The van der Waals surface area contributed by atoms with Crippen LogP contribution in [-0.2, 0) is 9.59 Å². The van der Waals surface area contributed by atoms with Crippen molar-refractivity contribution in [3.63, 3.8) is 0 Å². The number of benzene rings is 2. The molecule has 1 aliphatic heterocycles. The minimum Gasteiger partial charge on any atom is -0.454 e. The van der Waals surface area contributed by atoms with Crippen LogP contribution in [0.1, 0.15) is 54.2 Å². The number of nitrogens with zero attached hydrogens (tertiary/aromatic N) is 1. The summed E-state index contributed by atoms with van der Waals surface area (Å²) in [6.07, 6.45) is 2.63. The molecule has 4 unspecified atom stereocenters. The molecule has 0 spiro atoms. The highest BCUT2D eigenvalue weighted by atomic mass is 31.0. The standard InChI is InChI=1S/C27H30F2N3O4P/c1-16-11-19(7-9-23(16)36-21(15-33)12-17(2)30)26(35)31-14-25(34)32-22(8-10-24(32)27(3,29)37)18-5-4-6-20(28)13-18/h4-7,9,11-13,15,22,24,30H,8,10,14,37H2,1-3H3,(H,31,35)/b21-12+,30-17?. The van der Waals surface area contributed by atoms with Crippen molar-refractivity contribution in [2.24, 2.45) is 0 Å². The van der Waals surface area contributed by atoms with E-state index >= 15 is 0 Å². The summed E-state index contributed by atoms with van der Waals surface area (Å²) >= 11 is 0. The summed E-state index contributed by atoms with van der Waals surface area (Å²) in [5.74, 6) is -1.14. The molecule has 1 fully saturated rings. The SMILES string of the molecule is CC(=N)/C=C(\C=O)Oc1ccc(C(=O)NCC(=O)N2C(c3cccc(F)c3)CCC2C(C)(F)P)cc1C. The summed E-state index contributed by atoms with van der Waals surface area (Å²) in [4.78, 5) is 38.6. The molecule has 0 aromatic heterocycles. The first-order chi connectivity index (χ1) is 17.4. The number of rotatable bonds is 9. The highest BCUT2D eigenvalue weighted by Gasteiger charge is 2.45. The largest absolute Gasteiger partial charge is 0.454 e. The number of alkyl halides is 1. The van der Waals surface area contributed by atoms with Crippen molar-refractivity contribution < 1.29 is 27.9 Å². The molecular weight excluding hydrogens is 499 g/mol. The second-order valence-electron chi connectivity index (χ2n) is 9.23. The number of aldehydes is 1. The van der Waals surface area contributed by atoms with Gasteiger partial charge < -0.3 is 20.4 Å². The van der Waals surface area contributed by atoms with Crippen LogP contribution in [0.3, 0.4) is 0 Å². The summed E-state index contributed by atoms with van der Waals surface area (Å²) < 4.78 is 34.3. The van der Waals surface area contributed by atoms with Crippen LogP contribution in [0.2, 0.25) is 0 Å². The van der Waals surface area contributed by atoms with Gasteiger partial charge in [0.05, 0.1) is 18.6 Å². The minimum absolute atomic E-state index is 0.0413. The van der Waals surface area contributed by atoms with Gasteiger partial charge in [-0.1, -0.05) is 21.4 Å². The van der Waals surface area contributed by atoms with Crippen molar-refractivity contribution >= 4 is 33.1 Å². The Morgan fingerprint density at radius 3 is 2.59 bits per heavy atom. The highest BCUT2D eigenvalue weighted by molar-refractivity contribution is 7.18. The Hall–Kier alpha value is -3.45. The van der Waals surface area contributed by atoms with E-state index in [1.54, 1.807) is 25.1 Å². The van der Waals surface area contributed by atoms with Gasteiger partial charge in [-0.3, -0.25) is 14.4 Å². The maximum Gasteiger partial charge on any atom is 0.251 e. The minimum atomic E-state index is -1.76. The lowest BCUT2D eigenvalue weighted by molar-refractivity contribution is -0.134. The lowest BCUT2D eigenvalue weighted by atomic mass is 10.0. The van der Waals surface area contributed by atoms with Crippen LogP contribution in [0.5, 0.6) is 5.75 Å². The monoisotopic (exact) mass is 529 g/mol. The fourth-order valence-corrected chi connectivity index (χ4v) is 4.76. The molecule has 1 aliphatic rings. The van der Waals surface area contributed by atoms with E-state index in [0.29, 0.717) is 36.0 Å². The van der Waals surface area contributed by atoms with Crippen LogP contribution in [0.15, 0.2) is 54.3 Å². The number of likely N-dealkylation sites (tertiary alicyclic amines) is 1. The molecule has 2 aromatic rings. The molecule has 10 heteroatoms. The molecule has 7 nitrogen and oxygen atoms in total. The van der Waals surface area contributed by atoms with Gasteiger partial charge in [0.1, 0.15) is 17.0 Å². The number of carbonyl (C=O) groups excluding carboxylic acids is 3. The average Bonchev–Trinajstić information content (AvgIpc) is 3.29. The van der Waals surface area contributed by atoms with Crippen molar-refractivity contribution in [3.8, 4) is 5.75 Å². The smallest absolute Gasteiger partial charge is 0.251 e. The van der Waals surface area contributed by atoms with Gasteiger partial charge in [-0.25, -0.2) is 8.78 Å². The molecule has 4 atom stereocenters. The molecule has 196 valence electrons. The first-order valence-electron chi connectivity index (χ1n) is 11.7. The third-order valence-corrected chi connectivity index (χ3v) is 6.48. The van der Waals surface area contributed by atoms with Crippen LogP contribution < -0.4 is 10.1 Å². The van der Waals surface area contributed by atoms with Crippen LogP contribution in [0.25, 0.3) is 0 Å². The van der Waals surface area contributed by atoms with Crippen molar-refractivity contribution in [1.82, 2.24) is 10.2 Å². The summed E-state index contributed by atoms with van der Waals surface area (Å²) in [6.45, 7) is 4.20. The number of allylic oxidation sites excluding steroid dienone is 2. The normalized spacial score (nSPS) is 19.2. The molecule has 0 aliphatic carbocycles. The van der Waals surface area contributed by atoms with E-state index in [1.807, 2.05) is 0 Å². The van der Waals surface area contributed by atoms with Gasteiger partial charge >= 0.3 is 0 Å². The number of hydrogen-bond acceptors (Lipinski definition) is 5. The zero-order valence-electron chi connectivity index (χ0n) is 20.9. The predicted molar refractivity (Wildman–Crippen MR) is 140 cm³/mol. The number of aryl methyl sites for hydroxylation is 1. The molecule has 0 saturated carbocycles. The topological polar surface area (TPSA) is 99.6 Å². The highest BCUT2D eigenvalue weighted by Crippen LogP contribution is 2.43. The predicted octanol–water partition coefficient (Wildman–Crippen LogP) is 4.66. The Morgan fingerprint density at radius 1 is 1.27 bits per heavy atom. The van der Waals surface area contributed by atoms with E-state index in [1.165, 1.54) is 49.1 Å². The lowest BCUT2D eigenvalue weighted by Gasteiger charge is -2.35. The van der Waals surface area contributed by atoms with Crippen LogP contribution in [0.4, 0.5) is 8.78 Å². The number of carbonyl (C=O) groups is 3. The van der Waals surface area contributed by atoms with Crippen molar-refractivity contribution in [3.05, 3.63) is 76.8 Å². The van der Waals surface area contributed by atoms with Crippen molar-refractivity contribution in [1.29, 1.82) is 5.41 Å². The Balaban J connectivity index is 1.73. The number of halogens is 2. The van der Waals surface area contributed by atoms with E-state index in [4.69, 9.17) is 10.1 Å². The van der Waals surface area contributed by atoms with Crippen molar-refractivity contribution in [2.45, 2.75) is 51.1 Å². The molecule has 1 heterocycles. The van der Waals surface area contributed by atoms with Crippen LogP contribution in [0, 0.1) is 18.2 Å². The Bertz CT molecular complexity index is 1240. The maximum absolute atomic E-state index is 15.0. The van der Waals surface area contributed by atoms with E-state index < -0.39 is 35.1 Å². The fourth-order valence-electron chi connectivity index (χ4n) is 4.44. The summed E-state index contributed by atoms with van der Waals surface area (Å²) in [5.41, 5.74) is 1.55.